The number of rotatable bonds is 2. The normalized spacial score (nSPS) is 47.2. The lowest BCUT2D eigenvalue weighted by Crippen LogP contribution is -2.37. The lowest BCUT2D eigenvalue weighted by Gasteiger charge is -2.24. The molecule has 1 aliphatic heterocycles. The Kier molecular flexibility index (Phi) is 2.25. The van der Waals surface area contributed by atoms with Gasteiger partial charge in [0.05, 0.1) is 5.25 Å². The molecule has 0 aromatic rings. The van der Waals surface area contributed by atoms with Gasteiger partial charge in [0.1, 0.15) is 18.1 Å². The van der Waals surface area contributed by atoms with Crippen molar-refractivity contribution in [3.05, 3.63) is 0 Å². The quantitative estimate of drug-likeness (QED) is 0.408. The number of alkyl halides is 1. The Morgan fingerprint density at radius 3 is 2.88 bits per heavy atom. The summed E-state index contributed by atoms with van der Waals surface area (Å²) >= 11 is 5.36. The predicted octanol–water partition coefficient (Wildman–Crippen LogP) is 0.274. The molecule has 16 heavy (non-hydrogen) atoms. The number of hydrogen-bond donors (Lipinski definition) is 0. The van der Waals surface area contributed by atoms with Crippen LogP contribution in [0.2, 0.25) is 0 Å². The minimum atomic E-state index is -3.43. The van der Waals surface area contributed by atoms with E-state index in [1.807, 2.05) is 0 Å². The third kappa shape index (κ3) is 1.33. The summed E-state index contributed by atoms with van der Waals surface area (Å²) in [6, 6.07) is 0. The number of carbonyl (C=O) groups is 1. The summed E-state index contributed by atoms with van der Waals surface area (Å²) in [5.74, 6) is -0.604. The summed E-state index contributed by atoms with van der Waals surface area (Å²) in [5.41, 5.74) is 0. The molecule has 2 bridgehead atoms. The molecule has 1 saturated heterocycles. The maximum Gasteiger partial charge on any atom is 0.321 e. The number of halogens is 1. The van der Waals surface area contributed by atoms with Gasteiger partial charge in [0.25, 0.3) is 10.1 Å². The van der Waals surface area contributed by atoms with Crippen molar-refractivity contribution in [1.29, 1.82) is 0 Å². The lowest BCUT2D eigenvalue weighted by molar-refractivity contribution is -0.152. The Labute approximate surface area is 98.2 Å². The smallest absolute Gasteiger partial charge is 0.321 e. The van der Waals surface area contributed by atoms with Crippen LogP contribution in [0, 0.1) is 11.8 Å². The zero-order valence-electron chi connectivity index (χ0n) is 8.34. The zero-order valence-corrected chi connectivity index (χ0v) is 9.91. The van der Waals surface area contributed by atoms with Crippen molar-refractivity contribution < 1.29 is 22.1 Å². The van der Waals surface area contributed by atoms with E-state index in [0.29, 0.717) is 6.42 Å². The van der Waals surface area contributed by atoms with Crippen LogP contribution in [0.25, 0.3) is 0 Å². The van der Waals surface area contributed by atoms with Gasteiger partial charge in [0.2, 0.25) is 0 Å². The van der Waals surface area contributed by atoms with Gasteiger partial charge in [-0.1, -0.05) is 0 Å². The average molecular weight is 267 g/mol. The highest BCUT2D eigenvalue weighted by molar-refractivity contribution is 7.87. The van der Waals surface area contributed by atoms with Crippen molar-refractivity contribution >= 4 is 27.7 Å². The molecule has 0 spiro atoms. The van der Waals surface area contributed by atoms with E-state index >= 15 is 0 Å². The van der Waals surface area contributed by atoms with Crippen LogP contribution >= 0.6 is 11.6 Å². The SMILES string of the molecule is O=C(CCl)OC1C2CC3C1OS(=O)(=O)C3C2. The van der Waals surface area contributed by atoms with Gasteiger partial charge in [0.15, 0.2) is 0 Å². The molecule has 5 unspecified atom stereocenters. The maximum absolute atomic E-state index is 11.6. The van der Waals surface area contributed by atoms with Gasteiger partial charge in [-0.25, -0.2) is 0 Å². The molecule has 3 rings (SSSR count). The molecular formula is C9H11ClO5S. The Balaban J connectivity index is 1.84. The van der Waals surface area contributed by atoms with Crippen LogP contribution in [-0.2, 0) is 23.8 Å². The molecule has 2 saturated carbocycles. The van der Waals surface area contributed by atoms with E-state index < -0.39 is 28.3 Å². The first-order valence-electron chi connectivity index (χ1n) is 5.20. The number of fused-ring (bicyclic) bond motifs is 1. The van der Waals surface area contributed by atoms with Gasteiger partial charge in [-0.3, -0.25) is 8.98 Å². The monoisotopic (exact) mass is 266 g/mol. The van der Waals surface area contributed by atoms with E-state index in [2.05, 4.69) is 0 Å². The van der Waals surface area contributed by atoms with Crippen molar-refractivity contribution in [2.45, 2.75) is 30.3 Å². The molecule has 7 heteroatoms. The molecule has 0 radical (unpaired) electrons. The fraction of sp³-hybridized carbons (Fsp3) is 0.889. The van der Waals surface area contributed by atoms with Crippen molar-refractivity contribution in [3.8, 4) is 0 Å². The summed E-state index contributed by atoms with van der Waals surface area (Å²) in [7, 11) is -3.43. The highest BCUT2D eigenvalue weighted by atomic mass is 35.5. The molecule has 3 fully saturated rings. The van der Waals surface area contributed by atoms with Gasteiger partial charge in [-0.05, 0) is 12.8 Å². The minimum absolute atomic E-state index is 0.00289. The summed E-state index contributed by atoms with van der Waals surface area (Å²) in [6.45, 7) is 0. The lowest BCUT2D eigenvalue weighted by atomic mass is 9.94. The molecule has 0 amide bonds. The van der Waals surface area contributed by atoms with Gasteiger partial charge in [-0.2, -0.15) is 8.42 Å². The fourth-order valence-electron chi connectivity index (χ4n) is 3.23. The summed E-state index contributed by atoms with van der Waals surface area (Å²) in [5, 5.41) is -0.381. The second-order valence-corrected chi connectivity index (χ2v) is 6.63. The van der Waals surface area contributed by atoms with Crippen LogP contribution in [0.4, 0.5) is 0 Å². The van der Waals surface area contributed by atoms with Crippen LogP contribution < -0.4 is 0 Å². The van der Waals surface area contributed by atoms with E-state index in [9.17, 15) is 13.2 Å². The summed E-state index contributed by atoms with van der Waals surface area (Å²) in [6.07, 6.45) is 0.420. The number of carbonyl (C=O) groups excluding carboxylic acids is 1. The van der Waals surface area contributed by atoms with Crippen LogP contribution in [0.15, 0.2) is 0 Å². The van der Waals surface area contributed by atoms with Crippen molar-refractivity contribution in [2.24, 2.45) is 11.8 Å². The van der Waals surface area contributed by atoms with Gasteiger partial charge >= 0.3 is 5.97 Å². The minimum Gasteiger partial charge on any atom is -0.458 e. The molecule has 1 heterocycles. The molecule has 5 atom stereocenters. The topological polar surface area (TPSA) is 69.7 Å². The second-order valence-electron chi connectivity index (χ2n) is 4.58. The zero-order chi connectivity index (χ0) is 11.5. The van der Waals surface area contributed by atoms with Gasteiger partial charge in [0, 0.05) is 11.8 Å². The summed E-state index contributed by atoms with van der Waals surface area (Å²) in [4.78, 5) is 11.1. The fourth-order valence-corrected chi connectivity index (χ4v) is 5.17. The third-order valence-electron chi connectivity index (χ3n) is 3.79. The van der Waals surface area contributed by atoms with Crippen LogP contribution in [0.1, 0.15) is 12.8 Å². The first-order chi connectivity index (χ1) is 7.53. The molecule has 0 N–H and O–H groups in total. The average Bonchev–Trinajstić information content (AvgIpc) is 2.81. The number of ether oxygens (including phenoxy) is 1. The van der Waals surface area contributed by atoms with E-state index in [0.717, 1.165) is 6.42 Å². The van der Waals surface area contributed by atoms with E-state index in [-0.39, 0.29) is 23.0 Å². The van der Waals surface area contributed by atoms with Crippen molar-refractivity contribution in [2.75, 3.05) is 5.88 Å². The third-order valence-corrected chi connectivity index (χ3v) is 5.78. The van der Waals surface area contributed by atoms with Crippen LogP contribution in [0.3, 0.4) is 0 Å². The van der Waals surface area contributed by atoms with E-state index in [1.54, 1.807) is 0 Å². The Morgan fingerprint density at radius 1 is 1.44 bits per heavy atom. The number of esters is 1. The van der Waals surface area contributed by atoms with E-state index in [1.165, 1.54) is 0 Å². The predicted molar refractivity (Wildman–Crippen MR) is 54.4 cm³/mol. The van der Waals surface area contributed by atoms with E-state index in [4.69, 9.17) is 20.5 Å². The van der Waals surface area contributed by atoms with Crippen LogP contribution in [0.5, 0.6) is 0 Å². The molecule has 90 valence electrons. The Morgan fingerprint density at radius 2 is 2.19 bits per heavy atom. The largest absolute Gasteiger partial charge is 0.458 e. The molecule has 0 aromatic carbocycles. The Bertz CT molecular complexity index is 433. The van der Waals surface area contributed by atoms with Gasteiger partial charge < -0.3 is 4.74 Å². The maximum atomic E-state index is 11.6. The molecule has 3 aliphatic rings. The first-order valence-corrected chi connectivity index (χ1v) is 7.21. The standard InChI is InChI=1S/C9H11ClO5S/c10-3-7(11)14-8-4-1-5-6(2-4)16(12,13)15-9(5)8/h4-6,8-9H,1-3H2. The first kappa shape index (κ1) is 10.8. The summed E-state index contributed by atoms with van der Waals surface area (Å²) < 4.78 is 33.4. The highest BCUT2D eigenvalue weighted by Crippen LogP contribution is 2.55. The molecule has 0 aromatic heterocycles. The van der Waals surface area contributed by atoms with Crippen molar-refractivity contribution in [1.82, 2.24) is 0 Å². The molecular weight excluding hydrogens is 256 g/mol. The number of hydrogen-bond acceptors (Lipinski definition) is 5. The van der Waals surface area contributed by atoms with Crippen molar-refractivity contribution in [3.63, 3.8) is 0 Å². The molecule has 5 nitrogen and oxygen atoms in total. The second kappa shape index (κ2) is 3.34. The van der Waals surface area contributed by atoms with Gasteiger partial charge in [-0.15, -0.1) is 11.6 Å². The van der Waals surface area contributed by atoms with Crippen LogP contribution in [-0.4, -0.2) is 37.7 Å². The Hall–Kier alpha value is -0.330. The molecule has 2 aliphatic carbocycles. The highest BCUT2D eigenvalue weighted by Gasteiger charge is 2.65.